The maximum atomic E-state index is 13.8. The standard InChI is InChI=1S/C29H30BrN3O3S/c1-4-36-28(35)24-18-7-5-6-8-22(18)37-27(24)33-20-13-29(2,3)14-21(34)25(20)23(19(15-31)26(33)32)16-9-11-17(30)12-10-16/h9-12,23H,4-8,13-14,32H2,1-3H3/t23-/m1/s1. The number of nitrogens with zero attached hydrogens (tertiary/aromatic N) is 2. The first-order chi connectivity index (χ1) is 17.7. The molecule has 2 N–H and O–H groups in total. The van der Waals surface area contributed by atoms with Gasteiger partial charge in [0.1, 0.15) is 10.8 Å². The van der Waals surface area contributed by atoms with Crippen LogP contribution in [0.1, 0.15) is 78.7 Å². The van der Waals surface area contributed by atoms with Crippen molar-refractivity contribution in [3.63, 3.8) is 0 Å². The molecule has 192 valence electrons. The van der Waals surface area contributed by atoms with E-state index in [1.54, 1.807) is 18.3 Å². The molecule has 0 bridgehead atoms. The smallest absolute Gasteiger partial charge is 0.341 e. The molecule has 1 aromatic heterocycles. The van der Waals surface area contributed by atoms with Crippen molar-refractivity contribution in [2.45, 2.75) is 65.2 Å². The number of hydrogen-bond donors (Lipinski definition) is 1. The molecule has 1 atom stereocenters. The van der Waals surface area contributed by atoms with Crippen molar-refractivity contribution in [3.8, 4) is 6.07 Å². The average molecular weight is 581 g/mol. The fourth-order valence-electron chi connectivity index (χ4n) is 5.85. The van der Waals surface area contributed by atoms with Crippen LogP contribution in [-0.2, 0) is 22.4 Å². The molecule has 37 heavy (non-hydrogen) atoms. The molecule has 0 saturated heterocycles. The summed E-state index contributed by atoms with van der Waals surface area (Å²) >= 11 is 5.02. The van der Waals surface area contributed by atoms with Gasteiger partial charge in [-0.3, -0.25) is 9.69 Å². The molecule has 2 heterocycles. The van der Waals surface area contributed by atoms with Gasteiger partial charge in [0.25, 0.3) is 0 Å². The number of allylic oxidation sites excluding steroid dienone is 3. The predicted octanol–water partition coefficient (Wildman–Crippen LogP) is 6.51. The molecule has 0 unspecified atom stereocenters. The number of fused-ring (bicyclic) bond motifs is 1. The fourth-order valence-corrected chi connectivity index (χ4v) is 7.53. The van der Waals surface area contributed by atoms with E-state index in [4.69, 9.17) is 10.5 Å². The number of benzene rings is 1. The van der Waals surface area contributed by atoms with Gasteiger partial charge in [-0.05, 0) is 67.7 Å². The van der Waals surface area contributed by atoms with Crippen LogP contribution in [0.2, 0.25) is 0 Å². The first kappa shape index (κ1) is 25.7. The van der Waals surface area contributed by atoms with Gasteiger partial charge < -0.3 is 10.5 Å². The van der Waals surface area contributed by atoms with E-state index < -0.39 is 5.92 Å². The maximum Gasteiger partial charge on any atom is 0.341 e. The van der Waals surface area contributed by atoms with Gasteiger partial charge in [-0.2, -0.15) is 5.26 Å². The molecule has 0 amide bonds. The maximum absolute atomic E-state index is 13.8. The van der Waals surface area contributed by atoms with Gasteiger partial charge in [0.15, 0.2) is 5.78 Å². The third-order valence-corrected chi connectivity index (χ3v) is 9.23. The Morgan fingerprint density at radius 2 is 1.95 bits per heavy atom. The van der Waals surface area contributed by atoms with Crippen molar-refractivity contribution >= 4 is 44.0 Å². The van der Waals surface area contributed by atoms with Gasteiger partial charge in [0.2, 0.25) is 0 Å². The lowest BCUT2D eigenvalue weighted by Gasteiger charge is -2.43. The number of nitriles is 1. The number of aryl methyl sites for hydroxylation is 1. The third kappa shape index (κ3) is 4.42. The van der Waals surface area contributed by atoms with Gasteiger partial charge >= 0.3 is 5.97 Å². The van der Waals surface area contributed by atoms with E-state index in [0.29, 0.717) is 34.6 Å². The molecular weight excluding hydrogens is 550 g/mol. The Morgan fingerprint density at radius 3 is 2.62 bits per heavy atom. The highest BCUT2D eigenvalue weighted by Crippen LogP contribution is 2.53. The number of carbonyl (C=O) groups excluding carboxylic acids is 2. The number of thiophene rings is 1. The number of anilines is 1. The third-order valence-electron chi connectivity index (χ3n) is 7.42. The summed E-state index contributed by atoms with van der Waals surface area (Å²) in [4.78, 5) is 30.1. The number of nitrogens with two attached hydrogens (primary N) is 1. The van der Waals surface area contributed by atoms with E-state index in [1.165, 1.54) is 0 Å². The van der Waals surface area contributed by atoms with Crippen LogP contribution in [-0.4, -0.2) is 18.4 Å². The van der Waals surface area contributed by atoms with Crippen LogP contribution >= 0.6 is 27.3 Å². The van der Waals surface area contributed by atoms with E-state index >= 15 is 0 Å². The second-order valence-corrected chi connectivity index (χ2v) is 12.6. The van der Waals surface area contributed by atoms with Gasteiger partial charge in [-0.15, -0.1) is 11.3 Å². The minimum absolute atomic E-state index is 0.0171. The second kappa shape index (κ2) is 9.77. The minimum atomic E-state index is -0.548. The molecule has 0 radical (unpaired) electrons. The Balaban J connectivity index is 1.79. The monoisotopic (exact) mass is 579 g/mol. The Hall–Kier alpha value is -2.89. The van der Waals surface area contributed by atoms with E-state index in [0.717, 1.165) is 51.9 Å². The van der Waals surface area contributed by atoms with Crippen LogP contribution in [0.5, 0.6) is 0 Å². The summed E-state index contributed by atoms with van der Waals surface area (Å²) in [5.41, 5.74) is 10.7. The van der Waals surface area contributed by atoms with E-state index in [2.05, 4.69) is 35.8 Å². The summed E-state index contributed by atoms with van der Waals surface area (Å²) in [5.74, 6) is -0.623. The van der Waals surface area contributed by atoms with Crippen molar-refractivity contribution < 1.29 is 14.3 Å². The lowest BCUT2D eigenvalue weighted by molar-refractivity contribution is -0.118. The lowest BCUT2D eigenvalue weighted by atomic mass is 9.68. The molecule has 2 aliphatic carbocycles. The number of ether oxygens (including phenoxy) is 1. The van der Waals surface area contributed by atoms with Crippen LogP contribution in [0.4, 0.5) is 5.00 Å². The quantitative estimate of drug-likeness (QED) is 0.415. The van der Waals surface area contributed by atoms with Gasteiger partial charge in [0, 0.05) is 27.0 Å². The number of rotatable bonds is 4. The normalized spacial score (nSPS) is 20.9. The number of halogens is 1. The molecule has 0 spiro atoms. The molecule has 5 rings (SSSR count). The van der Waals surface area contributed by atoms with Gasteiger partial charge in [-0.25, -0.2) is 4.79 Å². The number of carbonyl (C=O) groups is 2. The summed E-state index contributed by atoms with van der Waals surface area (Å²) in [7, 11) is 0. The molecule has 2 aromatic rings. The van der Waals surface area contributed by atoms with Gasteiger partial charge in [0.05, 0.1) is 29.7 Å². The van der Waals surface area contributed by atoms with Crippen LogP contribution < -0.4 is 10.6 Å². The summed E-state index contributed by atoms with van der Waals surface area (Å²) in [6.45, 7) is 6.22. The molecule has 1 aromatic carbocycles. The predicted molar refractivity (Wildman–Crippen MR) is 148 cm³/mol. The highest BCUT2D eigenvalue weighted by Gasteiger charge is 2.46. The Morgan fingerprint density at radius 1 is 1.24 bits per heavy atom. The topological polar surface area (TPSA) is 96.4 Å². The van der Waals surface area contributed by atoms with Gasteiger partial charge in [-0.1, -0.05) is 41.9 Å². The van der Waals surface area contributed by atoms with Crippen LogP contribution in [0.3, 0.4) is 0 Å². The van der Waals surface area contributed by atoms with Crippen molar-refractivity contribution in [1.82, 2.24) is 0 Å². The Labute approximate surface area is 229 Å². The Kier molecular flexibility index (Phi) is 6.80. The zero-order chi connectivity index (χ0) is 26.5. The fraction of sp³-hybridized carbons (Fsp3) is 0.414. The Bertz CT molecular complexity index is 1390. The van der Waals surface area contributed by atoms with E-state index in [1.807, 2.05) is 29.2 Å². The zero-order valence-corrected chi connectivity index (χ0v) is 23.7. The van der Waals surface area contributed by atoms with E-state index in [9.17, 15) is 14.9 Å². The van der Waals surface area contributed by atoms with Crippen LogP contribution in [0.15, 0.2) is 51.4 Å². The summed E-state index contributed by atoms with van der Waals surface area (Å²) in [6, 6.07) is 10.0. The highest BCUT2D eigenvalue weighted by molar-refractivity contribution is 9.10. The average Bonchev–Trinajstić information content (AvgIpc) is 3.22. The molecule has 3 aliphatic rings. The van der Waals surface area contributed by atoms with Crippen molar-refractivity contribution in [2.24, 2.45) is 11.1 Å². The number of esters is 1. The van der Waals surface area contributed by atoms with Crippen molar-refractivity contribution in [1.29, 1.82) is 5.26 Å². The van der Waals surface area contributed by atoms with Crippen LogP contribution in [0.25, 0.3) is 0 Å². The molecule has 0 saturated carbocycles. The number of Topliss-reactive ketones (excluding diaryl/α,β-unsaturated/α-hetero) is 1. The summed E-state index contributed by atoms with van der Waals surface area (Å²) in [5, 5.41) is 11.0. The molecule has 8 heteroatoms. The number of hydrogen-bond acceptors (Lipinski definition) is 7. The van der Waals surface area contributed by atoms with E-state index in [-0.39, 0.29) is 29.6 Å². The summed E-state index contributed by atoms with van der Waals surface area (Å²) in [6.07, 6.45) is 4.76. The molecule has 1 aliphatic heterocycles. The zero-order valence-electron chi connectivity index (χ0n) is 21.3. The van der Waals surface area contributed by atoms with Crippen LogP contribution in [0, 0.1) is 16.7 Å². The SMILES string of the molecule is CCOC(=O)c1c(N2C(N)=C(C#N)[C@@H](c3ccc(Br)cc3)C3=C2CC(C)(C)CC3=O)sc2c1CCCC2. The summed E-state index contributed by atoms with van der Waals surface area (Å²) < 4.78 is 6.42. The largest absolute Gasteiger partial charge is 0.462 e. The molecule has 0 fully saturated rings. The highest BCUT2D eigenvalue weighted by atomic mass is 79.9. The minimum Gasteiger partial charge on any atom is -0.462 e. The second-order valence-electron chi connectivity index (χ2n) is 10.6. The molecule has 6 nitrogen and oxygen atoms in total. The first-order valence-corrected chi connectivity index (χ1v) is 14.3. The lowest BCUT2D eigenvalue weighted by Crippen LogP contribution is -2.42. The molecular formula is C29H30BrN3O3S. The van der Waals surface area contributed by atoms with Crippen molar-refractivity contribution in [3.05, 3.63) is 73.0 Å². The number of ketones is 1. The first-order valence-electron chi connectivity index (χ1n) is 12.7. The van der Waals surface area contributed by atoms with Crippen molar-refractivity contribution in [2.75, 3.05) is 11.5 Å².